The first-order chi connectivity index (χ1) is 13.6. The number of carbonyl (C=O) groups excluding carboxylic acids is 2. The number of hydrogen-bond acceptors (Lipinski definition) is 4. The Kier molecular flexibility index (Phi) is 4.82. The fourth-order valence-electron chi connectivity index (χ4n) is 2.70. The molecule has 0 spiro atoms. The fraction of sp³-hybridized carbons (Fsp3) is 0.0500. The Bertz CT molecular complexity index is 1130. The Hall–Kier alpha value is -3.58. The van der Waals surface area contributed by atoms with Gasteiger partial charge >= 0.3 is 0 Å². The van der Waals surface area contributed by atoms with Gasteiger partial charge in [0.25, 0.3) is 5.91 Å². The van der Waals surface area contributed by atoms with E-state index in [1.54, 1.807) is 47.3 Å². The van der Waals surface area contributed by atoms with Gasteiger partial charge in [0, 0.05) is 28.5 Å². The summed E-state index contributed by atoms with van der Waals surface area (Å²) in [6.45, 7) is -0.183. The van der Waals surface area contributed by atoms with E-state index >= 15 is 0 Å². The van der Waals surface area contributed by atoms with Crippen LogP contribution >= 0.6 is 11.6 Å². The van der Waals surface area contributed by atoms with Crippen molar-refractivity contribution in [2.45, 2.75) is 0 Å². The Morgan fingerprint density at radius 1 is 1.11 bits per heavy atom. The van der Waals surface area contributed by atoms with Gasteiger partial charge in [0.15, 0.2) is 5.76 Å². The first kappa shape index (κ1) is 17.8. The van der Waals surface area contributed by atoms with Crippen LogP contribution in [0, 0.1) is 0 Å². The number of benzene rings is 2. The van der Waals surface area contributed by atoms with Crippen LogP contribution in [0.1, 0.15) is 10.6 Å². The lowest BCUT2D eigenvalue weighted by Gasteiger charge is -2.07. The molecular weight excluding hydrogens is 380 g/mol. The van der Waals surface area contributed by atoms with E-state index in [1.807, 2.05) is 24.4 Å². The summed E-state index contributed by atoms with van der Waals surface area (Å²) in [6.07, 6.45) is 3.52. The van der Waals surface area contributed by atoms with Crippen molar-refractivity contribution in [2.75, 3.05) is 11.9 Å². The standard InChI is InChI=1S/C20H15ClN4O3/c21-14-2-7-17-13(10-14)11-18(28-17)20(27)22-12-19(26)24-15-3-5-16(6-4-15)25-9-1-8-23-25/h1-11H,12H2,(H,22,27)(H,24,26). The largest absolute Gasteiger partial charge is 0.451 e. The molecule has 7 nitrogen and oxygen atoms in total. The van der Waals surface area contributed by atoms with Crippen molar-refractivity contribution in [1.29, 1.82) is 0 Å². The van der Waals surface area contributed by atoms with Crippen LogP contribution in [0.25, 0.3) is 16.7 Å². The fourth-order valence-corrected chi connectivity index (χ4v) is 2.88. The minimum Gasteiger partial charge on any atom is -0.451 e. The van der Waals surface area contributed by atoms with Crippen molar-refractivity contribution in [1.82, 2.24) is 15.1 Å². The third kappa shape index (κ3) is 3.89. The molecule has 0 aliphatic carbocycles. The minimum atomic E-state index is -0.475. The number of anilines is 1. The lowest BCUT2D eigenvalue weighted by Crippen LogP contribution is -2.32. The summed E-state index contributed by atoms with van der Waals surface area (Å²) in [4.78, 5) is 24.3. The van der Waals surface area contributed by atoms with Gasteiger partial charge in [-0.3, -0.25) is 9.59 Å². The summed E-state index contributed by atoms with van der Waals surface area (Å²) >= 11 is 5.93. The number of furan rings is 1. The molecule has 0 bridgehead atoms. The molecule has 4 rings (SSSR count). The SMILES string of the molecule is O=C(CNC(=O)c1cc2cc(Cl)ccc2o1)Nc1ccc(-n2cccn2)cc1. The van der Waals surface area contributed by atoms with E-state index in [9.17, 15) is 9.59 Å². The zero-order chi connectivity index (χ0) is 19.5. The maximum atomic E-state index is 12.2. The van der Waals surface area contributed by atoms with Crippen LogP contribution in [0.2, 0.25) is 5.02 Å². The van der Waals surface area contributed by atoms with E-state index in [0.717, 1.165) is 11.1 Å². The summed E-state index contributed by atoms with van der Waals surface area (Å²) in [5.74, 6) is -0.704. The average molecular weight is 395 g/mol. The van der Waals surface area contributed by atoms with Crippen LogP contribution in [0.3, 0.4) is 0 Å². The van der Waals surface area contributed by atoms with Crippen molar-refractivity contribution in [3.05, 3.63) is 77.8 Å². The zero-order valence-electron chi connectivity index (χ0n) is 14.6. The lowest BCUT2D eigenvalue weighted by molar-refractivity contribution is -0.115. The van der Waals surface area contributed by atoms with Gasteiger partial charge in [-0.1, -0.05) is 11.6 Å². The van der Waals surface area contributed by atoms with Gasteiger partial charge in [-0.15, -0.1) is 0 Å². The third-order valence-corrected chi connectivity index (χ3v) is 4.27. The predicted octanol–water partition coefficient (Wildman–Crippen LogP) is 3.64. The van der Waals surface area contributed by atoms with E-state index in [4.69, 9.17) is 16.0 Å². The molecule has 28 heavy (non-hydrogen) atoms. The molecule has 0 aliphatic heterocycles. The highest BCUT2D eigenvalue weighted by atomic mass is 35.5. The summed E-state index contributed by atoms with van der Waals surface area (Å²) < 4.78 is 7.19. The molecule has 4 aromatic rings. The molecule has 0 saturated carbocycles. The van der Waals surface area contributed by atoms with Crippen LogP contribution < -0.4 is 10.6 Å². The molecule has 2 aromatic heterocycles. The molecule has 2 heterocycles. The third-order valence-electron chi connectivity index (χ3n) is 4.03. The summed E-state index contributed by atoms with van der Waals surface area (Å²) in [5, 5.41) is 10.7. The first-order valence-corrected chi connectivity index (χ1v) is 8.83. The van der Waals surface area contributed by atoms with Crippen molar-refractivity contribution >= 4 is 40.1 Å². The summed E-state index contributed by atoms with van der Waals surface area (Å²) in [6, 6.07) is 15.7. The smallest absolute Gasteiger partial charge is 0.287 e. The Morgan fingerprint density at radius 3 is 2.68 bits per heavy atom. The highest BCUT2D eigenvalue weighted by molar-refractivity contribution is 6.31. The van der Waals surface area contributed by atoms with Gasteiger partial charge in [0.05, 0.1) is 12.2 Å². The highest BCUT2D eigenvalue weighted by Gasteiger charge is 2.14. The number of fused-ring (bicyclic) bond motifs is 1. The lowest BCUT2D eigenvalue weighted by atomic mass is 10.2. The average Bonchev–Trinajstić information content (AvgIpc) is 3.36. The number of hydrogen-bond donors (Lipinski definition) is 2. The van der Waals surface area contributed by atoms with Gasteiger partial charge in [-0.05, 0) is 54.6 Å². The molecule has 2 aromatic carbocycles. The van der Waals surface area contributed by atoms with E-state index in [2.05, 4.69) is 15.7 Å². The molecule has 0 aliphatic rings. The van der Waals surface area contributed by atoms with Gasteiger partial charge in [0.1, 0.15) is 5.58 Å². The second kappa shape index (κ2) is 7.58. The predicted molar refractivity (Wildman–Crippen MR) is 106 cm³/mol. The number of carbonyl (C=O) groups is 2. The number of halogens is 1. The Labute approximate surface area is 164 Å². The van der Waals surface area contributed by atoms with Crippen LogP contribution in [0.5, 0.6) is 0 Å². The molecule has 0 atom stereocenters. The van der Waals surface area contributed by atoms with Crippen molar-refractivity contribution in [3.8, 4) is 5.69 Å². The molecule has 8 heteroatoms. The summed E-state index contributed by atoms with van der Waals surface area (Å²) in [7, 11) is 0. The number of aromatic nitrogens is 2. The van der Waals surface area contributed by atoms with Crippen molar-refractivity contribution in [2.24, 2.45) is 0 Å². The van der Waals surface area contributed by atoms with Gasteiger partial charge < -0.3 is 15.1 Å². The molecule has 0 unspecified atom stereocenters. The van der Waals surface area contributed by atoms with Gasteiger partial charge in [-0.2, -0.15) is 5.10 Å². The number of amides is 2. The maximum Gasteiger partial charge on any atom is 0.287 e. The number of nitrogens with one attached hydrogen (secondary N) is 2. The molecular formula is C20H15ClN4O3. The second-order valence-corrected chi connectivity index (χ2v) is 6.46. The number of nitrogens with zero attached hydrogens (tertiary/aromatic N) is 2. The second-order valence-electron chi connectivity index (χ2n) is 6.02. The molecule has 0 radical (unpaired) electrons. The molecule has 0 saturated heterocycles. The van der Waals surface area contributed by atoms with Crippen LogP contribution in [-0.4, -0.2) is 28.1 Å². The normalized spacial score (nSPS) is 10.8. The summed E-state index contributed by atoms with van der Waals surface area (Å²) in [5.41, 5.74) is 2.05. The Balaban J connectivity index is 1.34. The molecule has 2 N–H and O–H groups in total. The van der Waals surface area contributed by atoms with Crippen molar-refractivity contribution in [3.63, 3.8) is 0 Å². The highest BCUT2D eigenvalue weighted by Crippen LogP contribution is 2.23. The topological polar surface area (TPSA) is 89.2 Å². The monoisotopic (exact) mass is 394 g/mol. The first-order valence-electron chi connectivity index (χ1n) is 8.46. The van der Waals surface area contributed by atoms with Gasteiger partial charge in [-0.25, -0.2) is 4.68 Å². The van der Waals surface area contributed by atoms with E-state index in [0.29, 0.717) is 16.3 Å². The molecule has 2 amide bonds. The van der Waals surface area contributed by atoms with Crippen LogP contribution in [-0.2, 0) is 4.79 Å². The van der Waals surface area contributed by atoms with Crippen LogP contribution in [0.15, 0.2) is 71.4 Å². The zero-order valence-corrected chi connectivity index (χ0v) is 15.3. The van der Waals surface area contributed by atoms with E-state index in [-0.39, 0.29) is 18.2 Å². The van der Waals surface area contributed by atoms with Gasteiger partial charge in [0.2, 0.25) is 5.91 Å². The molecule has 0 fully saturated rings. The molecule has 140 valence electrons. The van der Waals surface area contributed by atoms with Crippen LogP contribution in [0.4, 0.5) is 5.69 Å². The maximum absolute atomic E-state index is 12.2. The quantitative estimate of drug-likeness (QED) is 0.540. The van der Waals surface area contributed by atoms with E-state index < -0.39 is 5.91 Å². The van der Waals surface area contributed by atoms with Crippen molar-refractivity contribution < 1.29 is 14.0 Å². The minimum absolute atomic E-state index is 0.119. The number of rotatable bonds is 5. The Morgan fingerprint density at radius 2 is 1.93 bits per heavy atom. The van der Waals surface area contributed by atoms with E-state index in [1.165, 1.54) is 0 Å².